The van der Waals surface area contributed by atoms with E-state index in [0.717, 1.165) is 31.8 Å². The average Bonchev–Trinajstić information content (AvgIpc) is 2.79. The number of rotatable bonds is 3. The molecule has 1 atom stereocenters. The number of nitrogens with zero attached hydrogens (tertiary/aromatic N) is 1. The molecule has 0 unspecified atom stereocenters. The molecular formula is C11H13ClF3N3. The summed E-state index contributed by atoms with van der Waals surface area (Å²) < 4.78 is 37.2. The Labute approximate surface area is 108 Å². The molecule has 0 bridgehead atoms. The molecule has 100 valence electrons. The van der Waals surface area contributed by atoms with E-state index in [1.54, 1.807) is 0 Å². The normalized spacial score (nSPS) is 20.1. The highest BCUT2D eigenvalue weighted by atomic mass is 35.5. The third-order valence-electron chi connectivity index (χ3n) is 2.89. The van der Waals surface area contributed by atoms with Gasteiger partial charge in [-0.05, 0) is 31.5 Å². The Hall–Kier alpha value is -1.01. The molecule has 1 aromatic rings. The minimum absolute atomic E-state index is 0.00391. The van der Waals surface area contributed by atoms with Crippen molar-refractivity contribution >= 4 is 17.4 Å². The van der Waals surface area contributed by atoms with Crippen molar-refractivity contribution in [3.63, 3.8) is 0 Å². The van der Waals surface area contributed by atoms with Gasteiger partial charge in [0.05, 0.1) is 10.6 Å². The third kappa shape index (κ3) is 3.26. The zero-order chi connectivity index (χ0) is 13.2. The number of nitrogens with one attached hydrogen (secondary N) is 2. The van der Waals surface area contributed by atoms with Crippen molar-refractivity contribution in [1.82, 2.24) is 10.3 Å². The summed E-state index contributed by atoms with van der Waals surface area (Å²) in [6.45, 7) is 2.54. The molecule has 0 aromatic carbocycles. The molecule has 1 fully saturated rings. The number of anilines is 1. The lowest BCUT2D eigenvalue weighted by molar-refractivity contribution is -0.137. The average molecular weight is 280 g/mol. The van der Waals surface area contributed by atoms with E-state index in [1.165, 1.54) is 0 Å². The molecule has 0 saturated carbocycles. The van der Waals surface area contributed by atoms with Crippen LogP contribution in [0, 0.1) is 5.92 Å². The van der Waals surface area contributed by atoms with E-state index in [9.17, 15) is 13.2 Å². The lowest BCUT2D eigenvalue weighted by Gasteiger charge is -2.13. The monoisotopic (exact) mass is 279 g/mol. The number of pyridine rings is 1. The summed E-state index contributed by atoms with van der Waals surface area (Å²) >= 11 is 5.78. The molecule has 3 nitrogen and oxygen atoms in total. The molecule has 2 rings (SSSR count). The van der Waals surface area contributed by atoms with Crippen molar-refractivity contribution in [2.24, 2.45) is 5.92 Å². The maximum atomic E-state index is 12.4. The first kappa shape index (κ1) is 13.4. The van der Waals surface area contributed by atoms with Gasteiger partial charge in [0.15, 0.2) is 0 Å². The smallest absolute Gasteiger partial charge is 0.369 e. The Morgan fingerprint density at radius 1 is 1.50 bits per heavy atom. The molecular weight excluding hydrogens is 267 g/mol. The van der Waals surface area contributed by atoms with Gasteiger partial charge in [0.25, 0.3) is 0 Å². The first-order valence-corrected chi connectivity index (χ1v) is 6.02. The molecule has 1 saturated heterocycles. The minimum atomic E-state index is -4.41. The maximum Gasteiger partial charge on any atom is 0.417 e. The van der Waals surface area contributed by atoms with E-state index in [2.05, 4.69) is 15.6 Å². The number of halogens is 4. The largest absolute Gasteiger partial charge is 0.417 e. The minimum Gasteiger partial charge on any atom is -0.369 e. The van der Waals surface area contributed by atoms with Gasteiger partial charge in [0.1, 0.15) is 5.82 Å². The van der Waals surface area contributed by atoms with Crippen LogP contribution in [0.15, 0.2) is 12.3 Å². The summed E-state index contributed by atoms with van der Waals surface area (Å²) in [5.41, 5.74) is -0.833. The first-order chi connectivity index (χ1) is 8.47. The van der Waals surface area contributed by atoms with Gasteiger partial charge >= 0.3 is 6.18 Å². The fourth-order valence-corrected chi connectivity index (χ4v) is 2.09. The van der Waals surface area contributed by atoms with E-state index >= 15 is 0 Å². The molecule has 2 N–H and O–H groups in total. The first-order valence-electron chi connectivity index (χ1n) is 5.64. The van der Waals surface area contributed by atoms with E-state index in [4.69, 9.17) is 11.6 Å². The van der Waals surface area contributed by atoms with Crippen molar-refractivity contribution < 1.29 is 13.2 Å². The lowest BCUT2D eigenvalue weighted by Crippen LogP contribution is -2.18. The van der Waals surface area contributed by atoms with Gasteiger partial charge in [-0.25, -0.2) is 4.98 Å². The van der Waals surface area contributed by atoms with Crippen molar-refractivity contribution in [2.45, 2.75) is 12.6 Å². The molecule has 0 spiro atoms. The van der Waals surface area contributed by atoms with E-state index in [-0.39, 0.29) is 5.02 Å². The summed E-state index contributed by atoms with van der Waals surface area (Å²) in [5, 5.41) is 6.19. The number of alkyl halides is 3. The Balaban J connectivity index is 2.01. The van der Waals surface area contributed by atoms with Gasteiger partial charge in [-0.2, -0.15) is 13.2 Å². The topological polar surface area (TPSA) is 37.0 Å². The van der Waals surface area contributed by atoms with Crippen LogP contribution >= 0.6 is 11.6 Å². The summed E-state index contributed by atoms with van der Waals surface area (Å²) in [7, 11) is 0. The maximum absolute atomic E-state index is 12.4. The Bertz CT molecular complexity index is 416. The SMILES string of the molecule is FC(F)(F)c1cnc(NC[C@@H]2CCNC2)c(Cl)c1. The summed E-state index contributed by atoms with van der Waals surface area (Å²) in [6.07, 6.45) is -2.57. The second-order valence-corrected chi connectivity index (χ2v) is 4.70. The van der Waals surface area contributed by atoms with Gasteiger partial charge < -0.3 is 10.6 Å². The predicted molar refractivity (Wildman–Crippen MR) is 63.7 cm³/mol. The van der Waals surface area contributed by atoms with Gasteiger partial charge in [-0.1, -0.05) is 11.6 Å². The van der Waals surface area contributed by atoms with Crippen LogP contribution in [0.25, 0.3) is 0 Å². The molecule has 2 heterocycles. The zero-order valence-electron chi connectivity index (χ0n) is 9.52. The quantitative estimate of drug-likeness (QED) is 0.893. The molecule has 1 aromatic heterocycles. The molecule has 1 aliphatic rings. The highest BCUT2D eigenvalue weighted by Gasteiger charge is 2.31. The lowest BCUT2D eigenvalue weighted by atomic mass is 10.1. The third-order valence-corrected chi connectivity index (χ3v) is 3.18. The predicted octanol–water partition coefficient (Wildman–Crippen LogP) is 2.78. The van der Waals surface area contributed by atoms with Gasteiger partial charge in [-0.3, -0.25) is 0 Å². The van der Waals surface area contributed by atoms with Crippen LogP contribution in [0.3, 0.4) is 0 Å². The van der Waals surface area contributed by atoms with Crippen molar-refractivity contribution in [1.29, 1.82) is 0 Å². The standard InChI is InChI=1S/C11H13ClF3N3/c12-9-3-8(11(13,14)15)6-18-10(9)17-5-7-1-2-16-4-7/h3,6-7,16H,1-2,4-5H2,(H,17,18)/t7-/m1/s1. The summed E-state index contributed by atoms with van der Waals surface area (Å²) in [5.74, 6) is 0.765. The van der Waals surface area contributed by atoms with E-state index < -0.39 is 11.7 Å². The molecule has 1 aliphatic heterocycles. The van der Waals surface area contributed by atoms with E-state index in [1.807, 2.05) is 0 Å². The van der Waals surface area contributed by atoms with Crippen LogP contribution in [-0.2, 0) is 6.18 Å². The second-order valence-electron chi connectivity index (χ2n) is 4.29. The van der Waals surface area contributed by atoms with Crippen molar-refractivity contribution in [3.05, 3.63) is 22.8 Å². The van der Waals surface area contributed by atoms with E-state index in [0.29, 0.717) is 18.3 Å². The van der Waals surface area contributed by atoms with Crippen LogP contribution < -0.4 is 10.6 Å². The molecule has 18 heavy (non-hydrogen) atoms. The van der Waals surface area contributed by atoms with Gasteiger partial charge in [0.2, 0.25) is 0 Å². The number of hydrogen-bond donors (Lipinski definition) is 2. The van der Waals surface area contributed by atoms with Crippen LogP contribution in [0.2, 0.25) is 5.02 Å². The molecule has 0 aliphatic carbocycles. The van der Waals surface area contributed by atoms with Crippen LogP contribution in [-0.4, -0.2) is 24.6 Å². The number of hydrogen-bond acceptors (Lipinski definition) is 3. The van der Waals surface area contributed by atoms with Crippen molar-refractivity contribution in [2.75, 3.05) is 25.0 Å². The van der Waals surface area contributed by atoms with Gasteiger partial charge in [-0.15, -0.1) is 0 Å². The van der Waals surface area contributed by atoms with Gasteiger partial charge in [0, 0.05) is 12.7 Å². The molecule has 0 radical (unpaired) electrons. The van der Waals surface area contributed by atoms with Crippen LogP contribution in [0.1, 0.15) is 12.0 Å². The summed E-state index contributed by atoms with van der Waals surface area (Å²) in [4.78, 5) is 3.72. The second kappa shape index (κ2) is 5.32. The molecule has 0 amide bonds. The molecule has 7 heteroatoms. The highest BCUT2D eigenvalue weighted by Crippen LogP contribution is 2.32. The fraction of sp³-hybridized carbons (Fsp3) is 0.545. The Kier molecular flexibility index (Phi) is 3.97. The van der Waals surface area contributed by atoms with Crippen molar-refractivity contribution in [3.8, 4) is 0 Å². The van der Waals surface area contributed by atoms with Crippen LogP contribution in [0.4, 0.5) is 19.0 Å². The Morgan fingerprint density at radius 3 is 2.83 bits per heavy atom. The summed E-state index contributed by atoms with van der Waals surface area (Å²) in [6, 6.07) is 0.893. The fourth-order valence-electron chi connectivity index (χ4n) is 1.85. The number of aromatic nitrogens is 1. The van der Waals surface area contributed by atoms with Crippen LogP contribution in [0.5, 0.6) is 0 Å². The highest BCUT2D eigenvalue weighted by molar-refractivity contribution is 6.32. The zero-order valence-corrected chi connectivity index (χ0v) is 10.3. The Morgan fingerprint density at radius 2 is 2.28 bits per heavy atom.